The molecule has 1 aliphatic rings. The Hall–Kier alpha value is -2.46. The summed E-state index contributed by atoms with van der Waals surface area (Å²) in [6.45, 7) is 12.7. The van der Waals surface area contributed by atoms with Crippen LogP contribution in [0.2, 0.25) is 0 Å². The van der Waals surface area contributed by atoms with E-state index in [1.165, 1.54) is 122 Å². The van der Waals surface area contributed by atoms with Crippen LogP contribution < -0.4 is 21.9 Å². The lowest BCUT2D eigenvalue weighted by Gasteiger charge is -2.41. The molecule has 1 amide bonds. The SMILES string of the molecule is CCCCCCCCCCCCOCC1(COC(=O)CCCCCCCCCCC)CCN(C(=O)CCN(CCCCCC)CCCNc2c(N)c(=O)c2=O)CC1. The van der Waals surface area contributed by atoms with Crippen LogP contribution in [0.15, 0.2) is 9.59 Å². The lowest BCUT2D eigenvalue weighted by molar-refractivity contribution is -0.153. The highest BCUT2D eigenvalue weighted by Gasteiger charge is 2.37. The fourth-order valence-electron chi connectivity index (χ4n) is 8.04. The van der Waals surface area contributed by atoms with Gasteiger partial charge < -0.3 is 30.3 Å². The minimum absolute atomic E-state index is 0.0282. The zero-order valence-electron chi connectivity index (χ0n) is 37.1. The molecule has 1 fully saturated rings. The molecule has 0 radical (unpaired) electrons. The largest absolute Gasteiger partial charge is 0.465 e. The standard InChI is InChI=1S/C47H86N4O6/c1-4-7-10-13-15-17-19-21-23-26-38-56-39-47(40-57-42(53)28-24-22-20-18-16-14-11-8-5-2)30-36-51(37-31-47)41(52)29-35-50(33-25-12-9-6-3)34-27-32-49-44-43(48)45(54)46(44)55/h49H,4-40,48H2,1-3H3. The third-order valence-electron chi connectivity index (χ3n) is 12.1. The van der Waals surface area contributed by atoms with E-state index in [1.54, 1.807) is 0 Å². The van der Waals surface area contributed by atoms with Crippen molar-refractivity contribution >= 4 is 23.3 Å². The molecule has 3 N–H and O–H groups in total. The molecule has 1 aromatic rings. The van der Waals surface area contributed by atoms with Crippen LogP contribution >= 0.6 is 0 Å². The number of nitrogens with zero attached hydrogens (tertiary/aromatic N) is 2. The van der Waals surface area contributed by atoms with Crippen molar-refractivity contribution in [3.05, 3.63) is 20.4 Å². The first-order valence-electron chi connectivity index (χ1n) is 23.8. The Morgan fingerprint density at radius 3 is 1.70 bits per heavy atom. The van der Waals surface area contributed by atoms with Gasteiger partial charge in [-0.25, -0.2) is 0 Å². The van der Waals surface area contributed by atoms with Crippen molar-refractivity contribution in [1.82, 2.24) is 9.80 Å². The van der Waals surface area contributed by atoms with Gasteiger partial charge in [-0.1, -0.05) is 149 Å². The van der Waals surface area contributed by atoms with Gasteiger partial charge in [0.25, 0.3) is 10.9 Å². The van der Waals surface area contributed by atoms with E-state index in [0.29, 0.717) is 52.2 Å². The summed E-state index contributed by atoms with van der Waals surface area (Å²) in [6.07, 6.45) is 31.8. The summed E-state index contributed by atoms with van der Waals surface area (Å²) >= 11 is 0. The first-order valence-corrected chi connectivity index (χ1v) is 23.8. The predicted octanol–water partition coefficient (Wildman–Crippen LogP) is 9.95. The maximum Gasteiger partial charge on any atom is 0.305 e. The van der Waals surface area contributed by atoms with E-state index in [1.807, 2.05) is 4.90 Å². The zero-order chi connectivity index (χ0) is 41.4. The Bertz CT molecular complexity index is 1240. The van der Waals surface area contributed by atoms with Crippen molar-refractivity contribution in [2.24, 2.45) is 5.41 Å². The Balaban J connectivity index is 1.82. The van der Waals surface area contributed by atoms with E-state index >= 15 is 0 Å². The zero-order valence-corrected chi connectivity index (χ0v) is 37.1. The van der Waals surface area contributed by atoms with Gasteiger partial charge in [0.15, 0.2) is 0 Å². The number of piperidine rings is 1. The number of esters is 1. The summed E-state index contributed by atoms with van der Waals surface area (Å²) in [5.74, 6) is 0.0677. The first-order chi connectivity index (χ1) is 27.8. The fourth-order valence-corrected chi connectivity index (χ4v) is 8.04. The van der Waals surface area contributed by atoms with Crippen LogP contribution in [0.5, 0.6) is 0 Å². The molecule has 1 saturated heterocycles. The Labute approximate surface area is 347 Å². The smallest absolute Gasteiger partial charge is 0.305 e. The number of anilines is 2. The van der Waals surface area contributed by atoms with Crippen LogP contribution in [0.25, 0.3) is 0 Å². The molecule has 1 aliphatic heterocycles. The highest BCUT2D eigenvalue weighted by molar-refractivity contribution is 5.76. The number of nitrogens with one attached hydrogen (secondary N) is 1. The predicted molar refractivity (Wildman–Crippen MR) is 238 cm³/mol. The second-order valence-electron chi connectivity index (χ2n) is 17.2. The Morgan fingerprint density at radius 2 is 1.14 bits per heavy atom. The molecule has 0 aromatic heterocycles. The van der Waals surface area contributed by atoms with Gasteiger partial charge in [0, 0.05) is 51.0 Å². The lowest BCUT2D eigenvalue weighted by atomic mass is 9.79. The monoisotopic (exact) mass is 803 g/mol. The fraction of sp³-hybridized carbons (Fsp3) is 0.872. The van der Waals surface area contributed by atoms with Gasteiger partial charge in [0.2, 0.25) is 5.91 Å². The van der Waals surface area contributed by atoms with Gasteiger partial charge in [-0.3, -0.25) is 19.2 Å². The second-order valence-corrected chi connectivity index (χ2v) is 17.2. The maximum atomic E-state index is 13.5. The Morgan fingerprint density at radius 1 is 0.632 bits per heavy atom. The number of carbonyl (C=O) groups is 2. The molecule has 10 heteroatoms. The molecule has 2 rings (SSSR count). The normalized spacial score (nSPS) is 14.1. The minimum Gasteiger partial charge on any atom is -0.465 e. The molecular weight excluding hydrogens is 717 g/mol. The highest BCUT2D eigenvalue weighted by atomic mass is 16.5. The number of likely N-dealkylation sites (tertiary alicyclic amines) is 1. The third-order valence-corrected chi connectivity index (χ3v) is 12.1. The topological polar surface area (TPSA) is 131 Å². The van der Waals surface area contributed by atoms with Crippen LogP contribution in [0.3, 0.4) is 0 Å². The summed E-state index contributed by atoms with van der Waals surface area (Å²) in [6, 6.07) is 0. The van der Waals surface area contributed by atoms with Gasteiger partial charge in [0.05, 0.1) is 13.2 Å². The van der Waals surface area contributed by atoms with Crippen molar-refractivity contribution in [2.45, 2.75) is 201 Å². The number of carbonyl (C=O) groups excluding carboxylic acids is 2. The Kier molecular flexibility index (Phi) is 28.8. The van der Waals surface area contributed by atoms with Crippen molar-refractivity contribution in [3.63, 3.8) is 0 Å². The minimum atomic E-state index is -0.606. The van der Waals surface area contributed by atoms with Crippen LogP contribution in [0.4, 0.5) is 11.4 Å². The number of unbranched alkanes of at least 4 members (excludes halogenated alkanes) is 20. The van der Waals surface area contributed by atoms with E-state index in [9.17, 15) is 19.2 Å². The summed E-state index contributed by atoms with van der Waals surface area (Å²) in [7, 11) is 0. The summed E-state index contributed by atoms with van der Waals surface area (Å²) < 4.78 is 12.3. The molecule has 1 heterocycles. The average molecular weight is 803 g/mol. The molecule has 0 bridgehead atoms. The van der Waals surface area contributed by atoms with E-state index in [0.717, 1.165) is 64.6 Å². The molecule has 10 nitrogen and oxygen atoms in total. The van der Waals surface area contributed by atoms with Crippen LogP contribution in [0, 0.1) is 5.41 Å². The first kappa shape index (κ1) is 50.7. The van der Waals surface area contributed by atoms with Crippen molar-refractivity contribution < 1.29 is 19.1 Å². The number of ether oxygens (including phenoxy) is 2. The average Bonchev–Trinajstić information content (AvgIpc) is 3.22. The van der Waals surface area contributed by atoms with Crippen LogP contribution in [-0.2, 0) is 19.1 Å². The molecule has 0 spiro atoms. The van der Waals surface area contributed by atoms with Gasteiger partial charge in [-0.15, -0.1) is 0 Å². The van der Waals surface area contributed by atoms with E-state index < -0.39 is 10.9 Å². The quantitative estimate of drug-likeness (QED) is 0.0381. The van der Waals surface area contributed by atoms with Crippen molar-refractivity contribution in [2.75, 3.05) is 70.1 Å². The van der Waals surface area contributed by atoms with E-state index in [4.69, 9.17) is 15.2 Å². The van der Waals surface area contributed by atoms with Gasteiger partial charge in [-0.05, 0) is 51.6 Å². The van der Waals surface area contributed by atoms with Crippen molar-refractivity contribution in [1.29, 1.82) is 0 Å². The van der Waals surface area contributed by atoms with Gasteiger partial charge in [0.1, 0.15) is 11.4 Å². The van der Waals surface area contributed by atoms with Gasteiger partial charge in [-0.2, -0.15) is 0 Å². The third kappa shape index (κ3) is 22.5. The molecule has 0 aliphatic carbocycles. The number of amides is 1. The number of hydrogen-bond donors (Lipinski definition) is 2. The maximum absolute atomic E-state index is 13.5. The molecule has 1 aromatic carbocycles. The number of nitrogen functional groups attached to an aromatic ring is 1. The van der Waals surface area contributed by atoms with E-state index in [2.05, 4.69) is 31.0 Å². The molecule has 0 atom stereocenters. The summed E-state index contributed by atoms with van der Waals surface area (Å²) in [5.41, 5.74) is 4.54. The molecular formula is C47H86N4O6. The van der Waals surface area contributed by atoms with Gasteiger partial charge >= 0.3 is 5.97 Å². The molecule has 57 heavy (non-hydrogen) atoms. The number of hydrogen-bond acceptors (Lipinski definition) is 9. The molecule has 0 saturated carbocycles. The molecule has 330 valence electrons. The lowest BCUT2D eigenvalue weighted by Crippen LogP contribution is -2.48. The van der Waals surface area contributed by atoms with Crippen molar-refractivity contribution in [3.8, 4) is 0 Å². The number of nitrogens with two attached hydrogens (primary N) is 1. The summed E-state index contributed by atoms with van der Waals surface area (Å²) in [4.78, 5) is 53.9. The van der Waals surface area contributed by atoms with E-state index in [-0.39, 0.29) is 28.7 Å². The second kappa shape index (κ2) is 32.4. The summed E-state index contributed by atoms with van der Waals surface area (Å²) in [5, 5.41) is 3.03. The van der Waals surface area contributed by atoms with Crippen LogP contribution in [0.1, 0.15) is 201 Å². The number of rotatable bonds is 38. The van der Waals surface area contributed by atoms with Crippen LogP contribution in [-0.4, -0.2) is 80.8 Å². The molecule has 0 unspecified atom stereocenters. The highest BCUT2D eigenvalue weighted by Crippen LogP contribution is 2.33.